The van der Waals surface area contributed by atoms with Crippen LogP contribution < -0.4 is 10.9 Å². The van der Waals surface area contributed by atoms with Gasteiger partial charge in [0.05, 0.1) is 32.6 Å². The molecule has 4 rings (SSSR count). The van der Waals surface area contributed by atoms with Crippen molar-refractivity contribution in [2.45, 2.75) is 13.0 Å². The van der Waals surface area contributed by atoms with Gasteiger partial charge >= 0.3 is 6.03 Å². The highest BCUT2D eigenvalue weighted by atomic mass is 35.5. The molecule has 0 saturated heterocycles. The molecule has 0 saturated carbocycles. The van der Waals surface area contributed by atoms with Crippen molar-refractivity contribution in [3.05, 3.63) is 104 Å². The first-order valence-corrected chi connectivity index (χ1v) is 10.8. The average Bonchev–Trinajstić information content (AvgIpc) is 2.85. The largest absolute Gasteiger partial charge is 0.322 e. The van der Waals surface area contributed by atoms with Crippen molar-refractivity contribution in [1.29, 1.82) is 0 Å². The Morgan fingerprint density at radius 1 is 1.17 bits per heavy atom. The lowest BCUT2D eigenvalue weighted by atomic mass is 10.2. The van der Waals surface area contributed by atoms with Gasteiger partial charge in [0.2, 0.25) is 0 Å². The summed E-state index contributed by atoms with van der Waals surface area (Å²) in [6, 6.07) is 14.8. The number of hydrogen-bond donors (Lipinski definition) is 1. The number of carbonyl (C=O) groups is 1. The van der Waals surface area contributed by atoms with Crippen LogP contribution >= 0.6 is 11.6 Å². The normalized spacial score (nSPS) is 11.8. The van der Waals surface area contributed by atoms with Crippen molar-refractivity contribution in [2.24, 2.45) is 0 Å². The number of benzene rings is 3. The first-order valence-electron chi connectivity index (χ1n) is 10.4. The molecule has 1 unspecified atom stereocenters. The van der Waals surface area contributed by atoms with E-state index < -0.39 is 28.4 Å². The van der Waals surface area contributed by atoms with E-state index >= 15 is 0 Å². The van der Waals surface area contributed by atoms with Gasteiger partial charge in [0.1, 0.15) is 11.6 Å². The zero-order valence-corrected chi connectivity index (χ0v) is 19.4. The Bertz CT molecular complexity index is 1510. The average molecular weight is 496 g/mol. The van der Waals surface area contributed by atoms with Gasteiger partial charge in [-0.3, -0.25) is 19.5 Å². The van der Waals surface area contributed by atoms with E-state index in [1.807, 2.05) is 0 Å². The van der Waals surface area contributed by atoms with Gasteiger partial charge in [0.15, 0.2) is 0 Å². The van der Waals surface area contributed by atoms with Crippen LogP contribution in [0.2, 0.25) is 5.02 Å². The third-order valence-electron chi connectivity index (χ3n) is 5.57. The molecule has 35 heavy (non-hydrogen) atoms. The van der Waals surface area contributed by atoms with Crippen LogP contribution in [0.3, 0.4) is 0 Å². The van der Waals surface area contributed by atoms with Crippen molar-refractivity contribution in [3.63, 3.8) is 0 Å². The number of nitro benzene ring substituents is 1. The Balaban J connectivity index is 1.74. The zero-order chi connectivity index (χ0) is 25.3. The van der Waals surface area contributed by atoms with Crippen LogP contribution in [0, 0.1) is 15.9 Å². The van der Waals surface area contributed by atoms with Crippen LogP contribution in [-0.4, -0.2) is 32.5 Å². The van der Waals surface area contributed by atoms with E-state index in [1.54, 1.807) is 31.2 Å². The molecule has 3 aromatic carbocycles. The number of urea groups is 1. The Hall–Kier alpha value is -4.31. The van der Waals surface area contributed by atoms with Crippen molar-refractivity contribution < 1.29 is 14.1 Å². The third kappa shape index (κ3) is 4.69. The van der Waals surface area contributed by atoms with Crippen LogP contribution in [0.5, 0.6) is 0 Å². The predicted octanol–water partition coefficient (Wildman–Crippen LogP) is 5.31. The molecule has 1 aromatic heterocycles. The number of nitro groups is 1. The van der Waals surface area contributed by atoms with E-state index in [0.717, 1.165) is 6.07 Å². The van der Waals surface area contributed by atoms with Crippen LogP contribution in [0.1, 0.15) is 18.8 Å². The van der Waals surface area contributed by atoms with Crippen LogP contribution in [0.4, 0.5) is 20.6 Å². The Kier molecular flexibility index (Phi) is 6.48. The number of aromatic nitrogens is 2. The van der Waals surface area contributed by atoms with Gasteiger partial charge in [-0.15, -0.1) is 0 Å². The van der Waals surface area contributed by atoms with E-state index in [2.05, 4.69) is 10.3 Å². The lowest BCUT2D eigenvalue weighted by molar-refractivity contribution is -0.384. The summed E-state index contributed by atoms with van der Waals surface area (Å²) in [6.45, 7) is 1.69. The maximum atomic E-state index is 13.8. The van der Waals surface area contributed by atoms with Gasteiger partial charge in [0.25, 0.3) is 11.2 Å². The summed E-state index contributed by atoms with van der Waals surface area (Å²) in [5.41, 5.74) is 0.587. The highest BCUT2D eigenvalue weighted by molar-refractivity contribution is 6.30. The minimum Gasteiger partial charge on any atom is -0.318 e. The quantitative estimate of drug-likeness (QED) is 0.298. The smallest absolute Gasteiger partial charge is 0.318 e. The summed E-state index contributed by atoms with van der Waals surface area (Å²) < 4.78 is 15.1. The summed E-state index contributed by atoms with van der Waals surface area (Å²) in [6.07, 6.45) is 0. The highest BCUT2D eigenvalue weighted by Gasteiger charge is 2.25. The van der Waals surface area contributed by atoms with E-state index in [-0.39, 0.29) is 16.5 Å². The highest BCUT2D eigenvalue weighted by Crippen LogP contribution is 2.25. The molecule has 2 amide bonds. The second-order valence-corrected chi connectivity index (χ2v) is 8.15. The standard InChI is InChI=1S/C24H19ClFN5O4/c1-14(29(2)24(33)27-15-7-9-16(10-8-15)31(34)35)22-28-21-6-4-3-5-18(21)23(32)30(22)17-11-12-20(26)19(25)13-17/h3-14H,1-2H3,(H,27,33). The number of rotatable bonds is 5. The van der Waals surface area contributed by atoms with E-state index in [1.165, 1.54) is 52.9 Å². The second kappa shape index (κ2) is 9.51. The minimum atomic E-state index is -0.714. The topological polar surface area (TPSA) is 110 Å². The third-order valence-corrected chi connectivity index (χ3v) is 5.86. The molecule has 1 atom stereocenters. The van der Waals surface area contributed by atoms with Crippen LogP contribution in [-0.2, 0) is 0 Å². The fourth-order valence-corrected chi connectivity index (χ4v) is 3.71. The molecule has 0 aliphatic heterocycles. The van der Waals surface area contributed by atoms with Gasteiger partial charge in [-0.05, 0) is 49.4 Å². The first kappa shape index (κ1) is 23.8. The maximum absolute atomic E-state index is 13.8. The van der Waals surface area contributed by atoms with Crippen molar-refractivity contribution >= 4 is 39.9 Å². The lowest BCUT2D eigenvalue weighted by Gasteiger charge is -2.27. The Labute approximate surface area is 203 Å². The number of non-ortho nitro benzene ring substituents is 1. The number of fused-ring (bicyclic) bond motifs is 1. The number of carbonyl (C=O) groups excluding carboxylic acids is 1. The number of nitrogens with zero attached hydrogens (tertiary/aromatic N) is 4. The Morgan fingerprint density at radius 3 is 2.51 bits per heavy atom. The van der Waals surface area contributed by atoms with E-state index in [4.69, 9.17) is 11.6 Å². The molecule has 1 heterocycles. The molecule has 11 heteroatoms. The van der Waals surface area contributed by atoms with Crippen molar-refractivity contribution in [1.82, 2.24) is 14.5 Å². The van der Waals surface area contributed by atoms with Crippen molar-refractivity contribution in [3.8, 4) is 5.69 Å². The van der Waals surface area contributed by atoms with Gasteiger partial charge in [-0.1, -0.05) is 23.7 Å². The van der Waals surface area contributed by atoms with Gasteiger partial charge in [-0.25, -0.2) is 14.2 Å². The first-order chi connectivity index (χ1) is 16.7. The minimum absolute atomic E-state index is 0.105. The van der Waals surface area contributed by atoms with Gasteiger partial charge in [0, 0.05) is 24.9 Å². The molecular formula is C24H19ClFN5O4. The van der Waals surface area contributed by atoms with Crippen LogP contribution in [0.25, 0.3) is 16.6 Å². The number of anilines is 1. The monoisotopic (exact) mass is 495 g/mol. The number of halogens is 2. The summed E-state index contributed by atoms with van der Waals surface area (Å²) in [5, 5.41) is 13.7. The summed E-state index contributed by atoms with van der Waals surface area (Å²) in [7, 11) is 1.52. The van der Waals surface area contributed by atoms with E-state index in [9.17, 15) is 24.1 Å². The Morgan fingerprint density at radius 2 is 1.86 bits per heavy atom. The molecule has 0 radical (unpaired) electrons. The van der Waals surface area contributed by atoms with Gasteiger partial charge < -0.3 is 10.2 Å². The van der Waals surface area contributed by atoms with Crippen LogP contribution in [0.15, 0.2) is 71.5 Å². The van der Waals surface area contributed by atoms with Gasteiger partial charge in [-0.2, -0.15) is 0 Å². The molecule has 1 N–H and O–H groups in total. The number of para-hydroxylation sites is 1. The molecule has 0 bridgehead atoms. The molecule has 4 aromatic rings. The number of amides is 2. The molecule has 9 nitrogen and oxygen atoms in total. The van der Waals surface area contributed by atoms with Crippen molar-refractivity contribution in [2.75, 3.05) is 12.4 Å². The molecule has 0 fully saturated rings. The summed E-state index contributed by atoms with van der Waals surface area (Å²) in [5.74, 6) is -0.399. The molecular weight excluding hydrogens is 477 g/mol. The number of nitrogens with one attached hydrogen (secondary N) is 1. The van der Waals surface area contributed by atoms with E-state index in [0.29, 0.717) is 22.3 Å². The fraction of sp³-hybridized carbons (Fsp3) is 0.125. The summed E-state index contributed by atoms with van der Waals surface area (Å²) in [4.78, 5) is 42.6. The fourth-order valence-electron chi connectivity index (χ4n) is 3.53. The lowest BCUT2D eigenvalue weighted by Crippen LogP contribution is -2.37. The summed E-state index contributed by atoms with van der Waals surface area (Å²) >= 11 is 5.97. The molecule has 178 valence electrons. The predicted molar refractivity (Wildman–Crippen MR) is 131 cm³/mol. The second-order valence-electron chi connectivity index (χ2n) is 7.75. The maximum Gasteiger partial charge on any atom is 0.322 e. The molecule has 0 spiro atoms. The number of hydrogen-bond acceptors (Lipinski definition) is 5. The molecule has 0 aliphatic carbocycles. The SMILES string of the molecule is CC(c1nc2ccccc2c(=O)n1-c1ccc(F)c(Cl)c1)N(C)C(=O)Nc1ccc([N+](=O)[O-])cc1. The zero-order valence-electron chi connectivity index (χ0n) is 18.6. The molecule has 0 aliphatic rings.